The highest BCUT2D eigenvalue weighted by Crippen LogP contribution is 2.70. The standard InChI is InChI=1S/C60H96O22/c1-15-28(2)56(65)78-44-26-43-57(9)18-17-36(20-35(57)16-19-59(43,66)60(67)27-38(63)50(29(3)61)58(44,60)10)77-45-21-37(62)52(31(5)73-45)79-47-23-40(69-12)54(32(6)74-47)81-49-25-42(71-14)55(34(8)76-49)82-48-24-41(70-13)53(33(7)75-48)80-46-22-39(68-11)51(64)30(4)72-46/h15-16,30-34,36-55,62-64,66-67H,17-27H2,1-14H3/b28-15+/t30-,31-,32-,33-,34-,36+,37-,38-,39-,40-,41+,42-,43-,44-,45+,46+,47+,48+,49+,50+,51-,52-,53-,54-,55-,57+,58-,59+,60-/m1/s1. The first kappa shape index (κ1) is 64.3. The largest absolute Gasteiger partial charge is 0.458 e. The Hall–Kier alpha value is -2.14. The molecule has 8 fully saturated rings. The molecule has 9 aliphatic rings. The van der Waals surface area contributed by atoms with Crippen molar-refractivity contribution in [2.24, 2.45) is 22.7 Å². The van der Waals surface area contributed by atoms with Crippen molar-refractivity contribution < 1.29 is 106 Å². The van der Waals surface area contributed by atoms with E-state index in [0.29, 0.717) is 50.5 Å². The Morgan fingerprint density at radius 1 is 0.610 bits per heavy atom. The van der Waals surface area contributed by atoms with Crippen LogP contribution in [0.2, 0.25) is 0 Å². The number of aliphatic hydroxyl groups excluding tert-OH is 3. The minimum atomic E-state index is -1.95. The van der Waals surface area contributed by atoms with Crippen molar-refractivity contribution >= 4 is 11.8 Å². The number of Topliss-reactive ketones (excluding diaryl/α,β-unsaturated/α-hetero) is 1. The second kappa shape index (κ2) is 25.5. The van der Waals surface area contributed by atoms with Crippen LogP contribution in [0.25, 0.3) is 0 Å². The number of allylic oxidation sites excluding steroid dienone is 1. The molecule has 0 aromatic rings. The fourth-order valence-corrected chi connectivity index (χ4v) is 16.1. The van der Waals surface area contributed by atoms with E-state index in [4.69, 9.17) is 71.1 Å². The highest BCUT2D eigenvalue weighted by Gasteiger charge is 2.79. The number of esters is 1. The summed E-state index contributed by atoms with van der Waals surface area (Å²) in [4.78, 5) is 26.6. The molecule has 5 aliphatic heterocycles. The van der Waals surface area contributed by atoms with Crippen LogP contribution < -0.4 is 0 Å². The molecule has 22 heteroatoms. The number of rotatable bonds is 17. The van der Waals surface area contributed by atoms with Gasteiger partial charge >= 0.3 is 5.97 Å². The molecular weight excluding hydrogens is 1070 g/mol. The van der Waals surface area contributed by atoms with Crippen LogP contribution in [0, 0.1) is 22.7 Å². The van der Waals surface area contributed by atoms with E-state index >= 15 is 0 Å². The lowest BCUT2D eigenvalue weighted by Crippen LogP contribution is -2.75. The number of hydrogen-bond donors (Lipinski definition) is 5. The maximum atomic E-state index is 13.4. The molecule has 82 heavy (non-hydrogen) atoms. The predicted molar refractivity (Wildman–Crippen MR) is 289 cm³/mol. The molecule has 5 N–H and O–H groups in total. The van der Waals surface area contributed by atoms with Gasteiger partial charge in [-0.2, -0.15) is 0 Å². The maximum absolute atomic E-state index is 13.4. The SMILES string of the molecule is C/C=C(\C)C(=O)O[C@@H]1C[C@@H]2[C@@]3(C)CC[C@H](O[C@H]4C[C@@H](O)[C@H](O[C@H]5C[C@@H](OC)[C@H](O[C@H]6C[C@@H](OC)[C@H](O[C@H]7C[C@H](OC)[C@H](O[C@H]8C[C@@H](OC)[C@H](O)[C@@H](C)O8)[C@@H](C)O7)[C@@H](C)O6)[C@@H](C)O5)[C@@H](C)O4)CC3=CC[C@@]2(O)[C@@]2(O)C[C@@H](O)[C@H](C(C)=O)[C@@]12C. The second-order valence-electron chi connectivity index (χ2n) is 25.5. The molecule has 5 heterocycles. The van der Waals surface area contributed by atoms with Gasteiger partial charge in [0.25, 0.3) is 0 Å². The predicted octanol–water partition coefficient (Wildman–Crippen LogP) is 4.23. The zero-order valence-corrected chi connectivity index (χ0v) is 50.5. The second-order valence-corrected chi connectivity index (χ2v) is 25.5. The average molecular weight is 1170 g/mol. The van der Waals surface area contributed by atoms with Gasteiger partial charge in [0.1, 0.15) is 53.6 Å². The number of fused-ring (bicyclic) bond motifs is 5. The molecule has 22 nitrogen and oxygen atoms in total. The lowest BCUT2D eigenvalue weighted by molar-refractivity contribution is -0.351. The highest BCUT2D eigenvalue weighted by molar-refractivity contribution is 5.88. The zero-order chi connectivity index (χ0) is 59.5. The summed E-state index contributed by atoms with van der Waals surface area (Å²) in [6.45, 7) is 17.8. The normalized spacial score (nSPS) is 50.8. The number of ether oxygens (including phenoxy) is 15. The zero-order valence-electron chi connectivity index (χ0n) is 50.5. The molecule has 4 aliphatic carbocycles. The van der Waals surface area contributed by atoms with Crippen LogP contribution >= 0.6 is 0 Å². The molecule has 5 saturated heterocycles. The Bertz CT molecular complexity index is 2260. The average Bonchev–Trinajstić information content (AvgIpc) is 1.38. The highest BCUT2D eigenvalue weighted by atomic mass is 16.8. The molecule has 468 valence electrons. The van der Waals surface area contributed by atoms with Crippen LogP contribution in [0.1, 0.15) is 140 Å². The number of carbonyl (C=O) groups is 2. The maximum Gasteiger partial charge on any atom is 0.333 e. The summed E-state index contributed by atoms with van der Waals surface area (Å²) < 4.78 is 94.0. The van der Waals surface area contributed by atoms with E-state index in [2.05, 4.69) is 6.92 Å². The van der Waals surface area contributed by atoms with Crippen molar-refractivity contribution in [2.75, 3.05) is 28.4 Å². The van der Waals surface area contributed by atoms with Crippen LogP contribution in [0.15, 0.2) is 23.3 Å². The lowest BCUT2D eigenvalue weighted by atomic mass is 9.43. The molecule has 0 aromatic carbocycles. The molecule has 9 rings (SSSR count). The van der Waals surface area contributed by atoms with E-state index in [0.717, 1.165) is 5.57 Å². The third kappa shape index (κ3) is 11.9. The summed E-state index contributed by atoms with van der Waals surface area (Å²) >= 11 is 0. The smallest absolute Gasteiger partial charge is 0.333 e. The monoisotopic (exact) mass is 1170 g/mol. The number of aliphatic hydroxyl groups is 5. The summed E-state index contributed by atoms with van der Waals surface area (Å²) in [6, 6.07) is 0. The van der Waals surface area contributed by atoms with E-state index in [1.54, 1.807) is 62.2 Å². The van der Waals surface area contributed by atoms with Crippen molar-refractivity contribution in [3.05, 3.63) is 23.3 Å². The Kier molecular flexibility index (Phi) is 20.0. The van der Waals surface area contributed by atoms with Crippen LogP contribution in [0.5, 0.6) is 0 Å². The Labute approximate surface area is 483 Å². The Morgan fingerprint density at radius 2 is 1.06 bits per heavy atom. The molecule has 0 spiro atoms. The van der Waals surface area contributed by atoms with Gasteiger partial charge in [-0.05, 0) is 92.9 Å². The van der Waals surface area contributed by atoms with Crippen molar-refractivity contribution in [1.82, 2.24) is 0 Å². The summed E-state index contributed by atoms with van der Waals surface area (Å²) in [6.07, 6.45) is -7.29. The van der Waals surface area contributed by atoms with Gasteiger partial charge in [-0.15, -0.1) is 0 Å². The third-order valence-electron chi connectivity index (χ3n) is 20.8. The van der Waals surface area contributed by atoms with Gasteiger partial charge in [0.05, 0.1) is 79.2 Å². The first-order chi connectivity index (χ1) is 38.8. The quantitative estimate of drug-likeness (QED) is 0.0775. The molecule has 0 unspecified atom stereocenters. The van der Waals surface area contributed by atoms with Gasteiger partial charge in [-0.1, -0.05) is 31.6 Å². The number of hydrogen-bond acceptors (Lipinski definition) is 22. The molecule has 29 atom stereocenters. The van der Waals surface area contributed by atoms with Crippen molar-refractivity contribution in [2.45, 2.75) is 292 Å². The van der Waals surface area contributed by atoms with Crippen LogP contribution in [0.3, 0.4) is 0 Å². The van der Waals surface area contributed by atoms with Crippen LogP contribution in [0.4, 0.5) is 0 Å². The van der Waals surface area contributed by atoms with E-state index in [-0.39, 0.29) is 43.7 Å². The van der Waals surface area contributed by atoms with Gasteiger partial charge in [-0.3, -0.25) is 4.79 Å². The van der Waals surface area contributed by atoms with Crippen molar-refractivity contribution in [3.63, 3.8) is 0 Å². The third-order valence-corrected chi connectivity index (χ3v) is 20.8. The number of methoxy groups -OCH3 is 4. The topological polar surface area (TPSA) is 274 Å². The molecular formula is C60H96O22. The van der Waals surface area contributed by atoms with E-state index < -0.39 is 169 Å². The summed E-state index contributed by atoms with van der Waals surface area (Å²) in [5.41, 5.74) is -4.38. The summed E-state index contributed by atoms with van der Waals surface area (Å²) in [7, 11) is 6.43. The first-order valence-electron chi connectivity index (χ1n) is 30.0. The van der Waals surface area contributed by atoms with Gasteiger partial charge < -0.3 is 96.6 Å². The van der Waals surface area contributed by atoms with Gasteiger partial charge in [-0.25, -0.2) is 4.79 Å². The molecule has 0 amide bonds. The summed E-state index contributed by atoms with van der Waals surface area (Å²) in [5, 5.41) is 59.3. The first-order valence-corrected chi connectivity index (χ1v) is 30.0. The molecule has 0 aromatic heterocycles. The van der Waals surface area contributed by atoms with E-state index in [1.807, 2.05) is 33.8 Å². The lowest BCUT2D eigenvalue weighted by Gasteiger charge is -2.66. The molecule has 0 bridgehead atoms. The number of carbonyl (C=O) groups excluding carboxylic acids is 2. The summed E-state index contributed by atoms with van der Waals surface area (Å²) in [5.74, 6) is -2.55. The number of ketones is 1. The minimum Gasteiger partial charge on any atom is -0.458 e. The van der Waals surface area contributed by atoms with Crippen molar-refractivity contribution in [3.8, 4) is 0 Å². The van der Waals surface area contributed by atoms with Gasteiger partial charge in [0.2, 0.25) is 0 Å². The Balaban J connectivity index is 0.764. The van der Waals surface area contributed by atoms with Gasteiger partial charge in [0.15, 0.2) is 31.5 Å². The van der Waals surface area contributed by atoms with Crippen LogP contribution in [-0.4, -0.2) is 218 Å². The molecule has 0 radical (unpaired) electrons. The molecule has 3 saturated carbocycles. The Morgan fingerprint density at radius 3 is 1.52 bits per heavy atom. The van der Waals surface area contributed by atoms with E-state index in [9.17, 15) is 35.1 Å². The van der Waals surface area contributed by atoms with Crippen LogP contribution in [-0.2, 0) is 80.6 Å². The van der Waals surface area contributed by atoms with E-state index in [1.165, 1.54) is 6.92 Å². The van der Waals surface area contributed by atoms with Gasteiger partial charge in [0, 0.05) is 83.9 Å². The van der Waals surface area contributed by atoms with Crippen molar-refractivity contribution in [1.29, 1.82) is 0 Å². The minimum absolute atomic E-state index is 0.0756. The fraction of sp³-hybridized carbons (Fsp3) is 0.900. The fourth-order valence-electron chi connectivity index (χ4n) is 16.1.